The molecule has 0 radical (unpaired) electrons. The summed E-state index contributed by atoms with van der Waals surface area (Å²) in [4.78, 5) is 12.1. The van der Waals surface area contributed by atoms with Crippen LogP contribution in [0.3, 0.4) is 0 Å². The van der Waals surface area contributed by atoms with Gasteiger partial charge in [0.25, 0.3) is 5.91 Å². The Morgan fingerprint density at radius 3 is 2.58 bits per heavy atom. The molecule has 0 spiro atoms. The van der Waals surface area contributed by atoms with E-state index in [0.717, 1.165) is 17.9 Å². The average Bonchev–Trinajstić information content (AvgIpc) is 3.21. The zero-order valence-electron chi connectivity index (χ0n) is 14.3. The summed E-state index contributed by atoms with van der Waals surface area (Å²) in [6.07, 6.45) is 2.44. The lowest BCUT2D eigenvalue weighted by molar-refractivity contribution is -0.118. The molecule has 0 aliphatic carbocycles. The Bertz CT molecular complexity index is 834. The lowest BCUT2D eigenvalue weighted by Crippen LogP contribution is -2.20. The van der Waals surface area contributed by atoms with E-state index in [2.05, 4.69) is 27.8 Å². The van der Waals surface area contributed by atoms with Crippen molar-refractivity contribution in [1.29, 1.82) is 0 Å². The van der Waals surface area contributed by atoms with E-state index in [-0.39, 0.29) is 12.5 Å². The number of benzene rings is 2. The number of amides is 1. The molecule has 26 heavy (non-hydrogen) atoms. The molecule has 134 valence electrons. The SMILES string of the molecule is CCCOc1ccc(OCC(=O)Nc2cccc(-n3cnnn3)c2)cc1. The van der Waals surface area contributed by atoms with Crippen molar-refractivity contribution < 1.29 is 14.3 Å². The summed E-state index contributed by atoms with van der Waals surface area (Å²) in [7, 11) is 0. The van der Waals surface area contributed by atoms with E-state index in [1.165, 1.54) is 11.0 Å². The van der Waals surface area contributed by atoms with Gasteiger partial charge in [-0.3, -0.25) is 4.79 Å². The third kappa shape index (κ3) is 4.79. The minimum Gasteiger partial charge on any atom is -0.494 e. The molecule has 3 rings (SSSR count). The van der Waals surface area contributed by atoms with Gasteiger partial charge in [-0.2, -0.15) is 0 Å². The molecular weight excluding hydrogens is 334 g/mol. The van der Waals surface area contributed by atoms with Crippen molar-refractivity contribution in [3.8, 4) is 17.2 Å². The number of hydrogen-bond acceptors (Lipinski definition) is 6. The Morgan fingerprint density at radius 2 is 1.88 bits per heavy atom. The van der Waals surface area contributed by atoms with E-state index in [1.54, 1.807) is 24.3 Å². The van der Waals surface area contributed by atoms with Crippen molar-refractivity contribution in [3.05, 3.63) is 54.9 Å². The van der Waals surface area contributed by atoms with Gasteiger partial charge in [0.2, 0.25) is 0 Å². The summed E-state index contributed by atoms with van der Waals surface area (Å²) < 4.78 is 12.5. The normalized spacial score (nSPS) is 10.3. The summed E-state index contributed by atoms with van der Waals surface area (Å²) in [5, 5.41) is 13.8. The standard InChI is InChI=1S/C18H19N5O3/c1-2-10-25-16-6-8-17(9-7-16)26-12-18(24)20-14-4-3-5-15(11-14)23-13-19-21-22-23/h3-9,11,13H,2,10,12H2,1H3,(H,20,24). The Labute approximate surface area is 150 Å². The molecule has 0 unspecified atom stereocenters. The van der Waals surface area contributed by atoms with E-state index in [1.807, 2.05) is 24.3 Å². The molecule has 1 aromatic heterocycles. The Kier molecular flexibility index (Phi) is 5.76. The number of hydrogen-bond donors (Lipinski definition) is 1. The molecule has 8 nitrogen and oxygen atoms in total. The molecular formula is C18H19N5O3. The molecule has 0 aliphatic heterocycles. The Hall–Kier alpha value is -3.42. The second-order valence-corrected chi connectivity index (χ2v) is 5.46. The van der Waals surface area contributed by atoms with Gasteiger partial charge in [0.05, 0.1) is 12.3 Å². The van der Waals surface area contributed by atoms with Gasteiger partial charge < -0.3 is 14.8 Å². The van der Waals surface area contributed by atoms with Crippen LogP contribution in [0.5, 0.6) is 11.5 Å². The fourth-order valence-corrected chi connectivity index (χ4v) is 2.20. The first-order chi connectivity index (χ1) is 12.7. The summed E-state index contributed by atoms with van der Waals surface area (Å²) in [5.41, 5.74) is 1.38. The highest BCUT2D eigenvalue weighted by molar-refractivity contribution is 5.92. The predicted molar refractivity (Wildman–Crippen MR) is 95.5 cm³/mol. The van der Waals surface area contributed by atoms with E-state index in [9.17, 15) is 4.79 Å². The van der Waals surface area contributed by atoms with Crippen LogP contribution in [0.15, 0.2) is 54.9 Å². The monoisotopic (exact) mass is 353 g/mol. The summed E-state index contributed by atoms with van der Waals surface area (Å²) in [5.74, 6) is 1.12. The van der Waals surface area contributed by atoms with Gasteiger partial charge in [0.1, 0.15) is 17.8 Å². The fourth-order valence-electron chi connectivity index (χ4n) is 2.20. The molecule has 0 aliphatic rings. The lowest BCUT2D eigenvalue weighted by Gasteiger charge is -2.09. The van der Waals surface area contributed by atoms with Gasteiger partial charge in [-0.1, -0.05) is 13.0 Å². The largest absolute Gasteiger partial charge is 0.494 e. The number of rotatable bonds is 8. The fraction of sp³-hybridized carbons (Fsp3) is 0.222. The molecule has 1 heterocycles. The zero-order chi connectivity index (χ0) is 18.2. The molecule has 1 N–H and O–H groups in total. The van der Waals surface area contributed by atoms with Gasteiger partial charge in [-0.15, -0.1) is 5.10 Å². The topological polar surface area (TPSA) is 91.2 Å². The van der Waals surface area contributed by atoms with Crippen molar-refractivity contribution in [2.45, 2.75) is 13.3 Å². The van der Waals surface area contributed by atoms with Crippen molar-refractivity contribution in [3.63, 3.8) is 0 Å². The summed E-state index contributed by atoms with van der Waals surface area (Å²) in [6.45, 7) is 2.63. The quantitative estimate of drug-likeness (QED) is 0.669. The number of ether oxygens (including phenoxy) is 2. The third-order valence-corrected chi connectivity index (χ3v) is 3.41. The van der Waals surface area contributed by atoms with Gasteiger partial charge in [0, 0.05) is 5.69 Å². The maximum atomic E-state index is 12.1. The van der Waals surface area contributed by atoms with E-state index in [0.29, 0.717) is 18.0 Å². The number of tetrazole rings is 1. The summed E-state index contributed by atoms with van der Waals surface area (Å²) >= 11 is 0. The number of carbonyl (C=O) groups excluding carboxylic acids is 1. The van der Waals surface area contributed by atoms with Gasteiger partial charge in [-0.25, -0.2) is 4.68 Å². The Morgan fingerprint density at radius 1 is 1.12 bits per heavy atom. The van der Waals surface area contributed by atoms with Crippen LogP contribution in [0.1, 0.15) is 13.3 Å². The van der Waals surface area contributed by atoms with Crippen molar-refractivity contribution >= 4 is 11.6 Å². The number of anilines is 1. The molecule has 0 fully saturated rings. The first-order valence-electron chi connectivity index (χ1n) is 8.23. The molecule has 0 saturated heterocycles. The molecule has 0 saturated carbocycles. The van der Waals surface area contributed by atoms with Crippen LogP contribution in [0.25, 0.3) is 5.69 Å². The highest BCUT2D eigenvalue weighted by Gasteiger charge is 2.06. The van der Waals surface area contributed by atoms with Crippen molar-refractivity contribution in [2.75, 3.05) is 18.5 Å². The van der Waals surface area contributed by atoms with Crippen molar-refractivity contribution in [2.24, 2.45) is 0 Å². The highest BCUT2D eigenvalue weighted by atomic mass is 16.5. The van der Waals surface area contributed by atoms with Crippen LogP contribution in [0, 0.1) is 0 Å². The van der Waals surface area contributed by atoms with Crippen molar-refractivity contribution in [1.82, 2.24) is 20.2 Å². The molecule has 0 bridgehead atoms. The maximum Gasteiger partial charge on any atom is 0.262 e. The van der Waals surface area contributed by atoms with Crippen LogP contribution in [-0.2, 0) is 4.79 Å². The minimum absolute atomic E-state index is 0.0930. The number of carbonyl (C=O) groups is 1. The van der Waals surface area contributed by atoms with E-state index >= 15 is 0 Å². The third-order valence-electron chi connectivity index (χ3n) is 3.41. The second-order valence-electron chi connectivity index (χ2n) is 5.46. The number of nitrogens with one attached hydrogen (secondary N) is 1. The minimum atomic E-state index is -0.259. The van der Waals surface area contributed by atoms with Crippen LogP contribution in [0.4, 0.5) is 5.69 Å². The van der Waals surface area contributed by atoms with Crippen LogP contribution in [0.2, 0.25) is 0 Å². The van der Waals surface area contributed by atoms with Crippen LogP contribution < -0.4 is 14.8 Å². The molecule has 3 aromatic rings. The smallest absolute Gasteiger partial charge is 0.262 e. The zero-order valence-corrected chi connectivity index (χ0v) is 14.3. The van der Waals surface area contributed by atoms with Crippen LogP contribution in [-0.4, -0.2) is 39.3 Å². The first-order valence-corrected chi connectivity index (χ1v) is 8.23. The lowest BCUT2D eigenvalue weighted by atomic mass is 10.3. The Balaban J connectivity index is 1.52. The predicted octanol–water partition coefficient (Wildman–Crippen LogP) is 2.47. The maximum absolute atomic E-state index is 12.1. The van der Waals surface area contributed by atoms with Crippen LogP contribution >= 0.6 is 0 Å². The molecule has 1 amide bonds. The summed E-state index contributed by atoms with van der Waals surface area (Å²) in [6, 6.07) is 14.4. The van der Waals surface area contributed by atoms with Gasteiger partial charge in [0.15, 0.2) is 6.61 Å². The first kappa shape index (κ1) is 17.4. The van der Waals surface area contributed by atoms with Gasteiger partial charge >= 0.3 is 0 Å². The molecule has 0 atom stereocenters. The molecule has 2 aromatic carbocycles. The molecule has 8 heteroatoms. The number of aromatic nitrogens is 4. The van der Waals surface area contributed by atoms with E-state index in [4.69, 9.17) is 9.47 Å². The average molecular weight is 353 g/mol. The second kappa shape index (κ2) is 8.61. The number of nitrogens with zero attached hydrogens (tertiary/aromatic N) is 4. The highest BCUT2D eigenvalue weighted by Crippen LogP contribution is 2.18. The van der Waals surface area contributed by atoms with Gasteiger partial charge in [-0.05, 0) is 59.3 Å². The van der Waals surface area contributed by atoms with E-state index < -0.39 is 0 Å².